The first-order valence-electron chi connectivity index (χ1n) is 6.02. The summed E-state index contributed by atoms with van der Waals surface area (Å²) in [6, 6.07) is 1.30. The first-order chi connectivity index (χ1) is 6.56. The zero-order valence-corrected chi connectivity index (χ0v) is 10.2. The van der Waals surface area contributed by atoms with Gasteiger partial charge in [-0.15, -0.1) is 0 Å². The molecule has 0 bridgehead atoms. The molecular weight excluding hydrogens is 172 g/mol. The van der Waals surface area contributed by atoms with Gasteiger partial charge < -0.3 is 5.73 Å². The molecule has 84 valence electrons. The summed E-state index contributed by atoms with van der Waals surface area (Å²) in [4.78, 5) is 2.62. The highest BCUT2D eigenvalue weighted by atomic mass is 15.2. The first-order valence-corrected chi connectivity index (χ1v) is 6.02. The molecule has 2 nitrogen and oxygen atoms in total. The van der Waals surface area contributed by atoms with Crippen LogP contribution >= 0.6 is 0 Å². The van der Waals surface area contributed by atoms with Crippen molar-refractivity contribution in [2.24, 2.45) is 17.6 Å². The molecule has 1 aliphatic rings. The van der Waals surface area contributed by atoms with E-state index in [1.807, 2.05) is 0 Å². The molecule has 0 saturated carbocycles. The van der Waals surface area contributed by atoms with Crippen molar-refractivity contribution in [3.05, 3.63) is 0 Å². The molecule has 0 aliphatic carbocycles. The Kier molecular flexibility index (Phi) is 4.39. The average molecular weight is 198 g/mol. The number of rotatable bonds is 3. The molecule has 0 aromatic rings. The van der Waals surface area contributed by atoms with Crippen LogP contribution in [0.5, 0.6) is 0 Å². The quantitative estimate of drug-likeness (QED) is 0.752. The number of hydrogen-bond donors (Lipinski definition) is 1. The largest absolute Gasteiger partial charge is 0.329 e. The molecule has 0 radical (unpaired) electrons. The second-order valence-corrected chi connectivity index (χ2v) is 5.28. The van der Waals surface area contributed by atoms with Crippen molar-refractivity contribution in [1.82, 2.24) is 4.90 Å². The van der Waals surface area contributed by atoms with Gasteiger partial charge in [0.2, 0.25) is 0 Å². The van der Waals surface area contributed by atoms with E-state index in [0.717, 1.165) is 18.5 Å². The van der Waals surface area contributed by atoms with E-state index in [1.54, 1.807) is 0 Å². The lowest BCUT2D eigenvalue weighted by Crippen LogP contribution is -2.52. The Hall–Kier alpha value is -0.0800. The molecular formula is C12H26N2. The number of likely N-dealkylation sites (tertiary alicyclic amines) is 1. The van der Waals surface area contributed by atoms with E-state index in [0.29, 0.717) is 12.0 Å². The minimum absolute atomic E-state index is 0.577. The highest BCUT2D eigenvalue weighted by molar-refractivity contribution is 4.84. The van der Waals surface area contributed by atoms with Crippen molar-refractivity contribution >= 4 is 0 Å². The lowest BCUT2D eigenvalue weighted by molar-refractivity contribution is 0.0585. The Morgan fingerprint density at radius 2 is 1.93 bits per heavy atom. The van der Waals surface area contributed by atoms with Crippen LogP contribution in [0.4, 0.5) is 0 Å². The van der Waals surface area contributed by atoms with Crippen molar-refractivity contribution in [2.45, 2.75) is 52.6 Å². The van der Waals surface area contributed by atoms with Crippen LogP contribution < -0.4 is 5.73 Å². The van der Waals surface area contributed by atoms with Crippen LogP contribution in [0.1, 0.15) is 40.5 Å². The zero-order valence-electron chi connectivity index (χ0n) is 10.2. The van der Waals surface area contributed by atoms with E-state index in [4.69, 9.17) is 5.73 Å². The number of hydrogen-bond acceptors (Lipinski definition) is 2. The Balaban J connectivity index is 2.62. The molecule has 1 heterocycles. The van der Waals surface area contributed by atoms with Crippen LogP contribution in [-0.4, -0.2) is 30.1 Å². The van der Waals surface area contributed by atoms with E-state index in [1.165, 1.54) is 19.4 Å². The smallest absolute Gasteiger partial charge is 0.0244 e. The Labute approximate surface area is 88.8 Å². The maximum absolute atomic E-state index is 5.87. The van der Waals surface area contributed by atoms with Crippen LogP contribution in [0.25, 0.3) is 0 Å². The normalized spacial score (nSPS) is 32.1. The first kappa shape index (κ1) is 12.0. The number of piperidine rings is 1. The third kappa shape index (κ3) is 2.71. The van der Waals surface area contributed by atoms with Crippen molar-refractivity contribution in [2.75, 3.05) is 13.1 Å². The molecule has 0 spiro atoms. The minimum atomic E-state index is 0.577. The fourth-order valence-corrected chi connectivity index (χ4v) is 2.58. The SMILES string of the molecule is CC1CCC(C)N(C(CN)C(C)C)C1. The Morgan fingerprint density at radius 1 is 1.29 bits per heavy atom. The van der Waals surface area contributed by atoms with Gasteiger partial charge in [0.05, 0.1) is 0 Å². The van der Waals surface area contributed by atoms with Gasteiger partial charge >= 0.3 is 0 Å². The molecule has 3 atom stereocenters. The highest BCUT2D eigenvalue weighted by Gasteiger charge is 2.29. The Bertz CT molecular complexity index is 168. The Morgan fingerprint density at radius 3 is 2.43 bits per heavy atom. The van der Waals surface area contributed by atoms with Crippen molar-refractivity contribution in [3.8, 4) is 0 Å². The summed E-state index contributed by atoms with van der Waals surface area (Å²) in [5, 5.41) is 0. The van der Waals surface area contributed by atoms with Gasteiger partial charge in [-0.05, 0) is 31.6 Å². The summed E-state index contributed by atoms with van der Waals surface area (Å²) >= 11 is 0. The lowest BCUT2D eigenvalue weighted by Gasteiger charge is -2.43. The zero-order chi connectivity index (χ0) is 10.7. The lowest BCUT2D eigenvalue weighted by atomic mass is 9.90. The third-order valence-corrected chi connectivity index (χ3v) is 3.60. The van der Waals surface area contributed by atoms with E-state index in [-0.39, 0.29) is 0 Å². The van der Waals surface area contributed by atoms with E-state index >= 15 is 0 Å². The fourth-order valence-electron chi connectivity index (χ4n) is 2.58. The van der Waals surface area contributed by atoms with Gasteiger partial charge in [-0.1, -0.05) is 20.8 Å². The maximum Gasteiger partial charge on any atom is 0.0244 e. The fraction of sp³-hybridized carbons (Fsp3) is 1.00. The summed E-state index contributed by atoms with van der Waals surface area (Å²) in [5.74, 6) is 1.52. The molecule has 1 rings (SSSR count). The molecule has 0 amide bonds. The molecule has 2 N–H and O–H groups in total. The topological polar surface area (TPSA) is 29.3 Å². The highest BCUT2D eigenvalue weighted by Crippen LogP contribution is 2.25. The van der Waals surface area contributed by atoms with Gasteiger partial charge in [-0.2, -0.15) is 0 Å². The summed E-state index contributed by atoms with van der Waals surface area (Å²) in [6.07, 6.45) is 2.72. The molecule has 1 fully saturated rings. The molecule has 1 aliphatic heterocycles. The van der Waals surface area contributed by atoms with Crippen LogP contribution in [0.2, 0.25) is 0 Å². The van der Waals surface area contributed by atoms with Gasteiger partial charge in [0, 0.05) is 25.2 Å². The van der Waals surface area contributed by atoms with Gasteiger partial charge in [-0.25, -0.2) is 0 Å². The van der Waals surface area contributed by atoms with E-state index < -0.39 is 0 Å². The van der Waals surface area contributed by atoms with Crippen LogP contribution in [0, 0.1) is 11.8 Å². The van der Waals surface area contributed by atoms with Crippen LogP contribution in [0.3, 0.4) is 0 Å². The predicted octanol–water partition coefficient (Wildman–Crippen LogP) is 2.09. The molecule has 2 heteroatoms. The van der Waals surface area contributed by atoms with Crippen molar-refractivity contribution < 1.29 is 0 Å². The average Bonchev–Trinajstić information content (AvgIpc) is 2.11. The monoisotopic (exact) mass is 198 g/mol. The summed E-state index contributed by atoms with van der Waals surface area (Å²) < 4.78 is 0. The maximum atomic E-state index is 5.87. The summed E-state index contributed by atoms with van der Waals surface area (Å²) in [7, 11) is 0. The van der Waals surface area contributed by atoms with Crippen molar-refractivity contribution in [1.29, 1.82) is 0 Å². The van der Waals surface area contributed by atoms with E-state index in [9.17, 15) is 0 Å². The van der Waals surface area contributed by atoms with Crippen LogP contribution in [0.15, 0.2) is 0 Å². The standard InChI is InChI=1S/C12H26N2/c1-9(2)12(7-13)14-8-10(3)5-6-11(14)4/h9-12H,5-8,13H2,1-4H3. The van der Waals surface area contributed by atoms with Gasteiger partial charge in [0.15, 0.2) is 0 Å². The van der Waals surface area contributed by atoms with Gasteiger partial charge in [0.25, 0.3) is 0 Å². The summed E-state index contributed by atoms with van der Waals surface area (Å²) in [5.41, 5.74) is 5.87. The van der Waals surface area contributed by atoms with Crippen molar-refractivity contribution in [3.63, 3.8) is 0 Å². The van der Waals surface area contributed by atoms with Gasteiger partial charge in [0.1, 0.15) is 0 Å². The number of nitrogens with two attached hydrogens (primary N) is 1. The van der Waals surface area contributed by atoms with Crippen LogP contribution in [-0.2, 0) is 0 Å². The van der Waals surface area contributed by atoms with E-state index in [2.05, 4.69) is 32.6 Å². The second kappa shape index (κ2) is 5.13. The second-order valence-electron chi connectivity index (χ2n) is 5.28. The third-order valence-electron chi connectivity index (χ3n) is 3.60. The molecule has 0 aromatic carbocycles. The molecule has 14 heavy (non-hydrogen) atoms. The summed E-state index contributed by atoms with van der Waals surface area (Å²) in [6.45, 7) is 11.3. The predicted molar refractivity (Wildman–Crippen MR) is 62.2 cm³/mol. The molecule has 1 saturated heterocycles. The minimum Gasteiger partial charge on any atom is -0.329 e. The van der Waals surface area contributed by atoms with Gasteiger partial charge in [-0.3, -0.25) is 4.90 Å². The molecule has 3 unspecified atom stereocenters. The molecule has 0 aromatic heterocycles. The number of nitrogens with zero attached hydrogens (tertiary/aromatic N) is 1.